The van der Waals surface area contributed by atoms with Crippen molar-refractivity contribution in [3.63, 3.8) is 0 Å². The second-order valence-corrected chi connectivity index (χ2v) is 8.27. The fraction of sp³-hybridized carbons (Fsp3) is 0.160. The number of hydrazine groups is 1. The Hall–Kier alpha value is -4.39. The first-order valence-electron chi connectivity index (χ1n) is 11.0. The van der Waals surface area contributed by atoms with Crippen molar-refractivity contribution in [1.29, 1.82) is 0 Å². The highest BCUT2D eigenvalue weighted by Gasteiger charge is 2.36. The van der Waals surface area contributed by atoms with Crippen molar-refractivity contribution in [2.75, 3.05) is 5.01 Å². The van der Waals surface area contributed by atoms with Crippen LogP contribution in [0.4, 0.5) is 32.0 Å². The summed E-state index contributed by atoms with van der Waals surface area (Å²) in [5, 5.41) is 2.85. The number of aromatic amines is 1. The van der Waals surface area contributed by atoms with Gasteiger partial charge in [0.25, 0.3) is 11.8 Å². The Morgan fingerprint density at radius 3 is 2.18 bits per heavy atom. The van der Waals surface area contributed by atoms with Crippen LogP contribution in [0.5, 0.6) is 0 Å². The number of halogens is 6. The first kappa shape index (κ1) is 26.7. The maximum absolute atomic E-state index is 13.4. The number of amides is 2. The van der Waals surface area contributed by atoms with E-state index in [0.717, 1.165) is 30.3 Å². The van der Waals surface area contributed by atoms with Gasteiger partial charge in [-0.3, -0.25) is 9.59 Å². The molecule has 4 aromatic rings. The highest BCUT2D eigenvalue weighted by molar-refractivity contribution is 6.10. The van der Waals surface area contributed by atoms with E-state index in [9.17, 15) is 35.9 Å². The lowest BCUT2D eigenvalue weighted by Crippen LogP contribution is -2.38. The highest BCUT2D eigenvalue weighted by atomic mass is 19.4. The van der Waals surface area contributed by atoms with Crippen molar-refractivity contribution in [2.24, 2.45) is 5.84 Å². The van der Waals surface area contributed by atoms with Crippen LogP contribution in [0.15, 0.2) is 60.7 Å². The molecule has 4 rings (SSSR count). The highest BCUT2D eigenvalue weighted by Crippen LogP contribution is 2.34. The van der Waals surface area contributed by atoms with Gasteiger partial charge >= 0.3 is 12.4 Å². The number of anilines is 1. The molecule has 0 spiro atoms. The summed E-state index contributed by atoms with van der Waals surface area (Å²) < 4.78 is 80.3. The predicted molar refractivity (Wildman–Crippen MR) is 126 cm³/mol. The number of nitrogens with two attached hydrogens (primary N) is 1. The maximum Gasteiger partial charge on any atom is 0.417 e. The van der Waals surface area contributed by atoms with Gasteiger partial charge in [0.15, 0.2) is 0 Å². The van der Waals surface area contributed by atoms with E-state index < -0.39 is 47.4 Å². The van der Waals surface area contributed by atoms with Crippen LogP contribution in [0.1, 0.15) is 43.2 Å². The SMILES string of the molecule is Cc1nc2c(C(=O)NCc3ccccc3C(F)(F)F)cc(N(N)C(=O)c3ccccc3C(F)(F)F)cc2[nH]1. The minimum absolute atomic E-state index is 0.129. The third kappa shape index (κ3) is 5.32. The fourth-order valence-corrected chi connectivity index (χ4v) is 3.92. The summed E-state index contributed by atoms with van der Waals surface area (Å²) in [7, 11) is 0. The molecule has 0 aliphatic carbocycles. The summed E-state index contributed by atoms with van der Waals surface area (Å²) in [5.41, 5.74) is -2.95. The number of H-pyrrole nitrogens is 1. The van der Waals surface area contributed by atoms with Crippen molar-refractivity contribution in [1.82, 2.24) is 15.3 Å². The lowest BCUT2D eigenvalue weighted by atomic mass is 10.1. The molecule has 0 atom stereocenters. The summed E-state index contributed by atoms with van der Waals surface area (Å²) in [5.74, 6) is 4.24. The number of carbonyl (C=O) groups excluding carboxylic acids is 2. The van der Waals surface area contributed by atoms with Crippen LogP contribution in [-0.2, 0) is 18.9 Å². The smallest absolute Gasteiger partial charge is 0.348 e. The summed E-state index contributed by atoms with van der Waals surface area (Å²) in [6.45, 7) is 1.10. The number of benzene rings is 3. The molecule has 0 saturated carbocycles. The Kier molecular flexibility index (Phi) is 6.89. The zero-order chi connectivity index (χ0) is 27.8. The van der Waals surface area contributed by atoms with E-state index in [1.807, 2.05) is 0 Å². The maximum atomic E-state index is 13.4. The van der Waals surface area contributed by atoms with Gasteiger partial charge in [-0.2, -0.15) is 26.3 Å². The molecule has 0 saturated heterocycles. The number of aryl methyl sites for hydroxylation is 1. The molecule has 198 valence electrons. The van der Waals surface area contributed by atoms with Crippen molar-refractivity contribution in [2.45, 2.75) is 25.8 Å². The predicted octanol–water partition coefficient (Wildman–Crippen LogP) is 5.36. The number of hydrogen-bond acceptors (Lipinski definition) is 4. The van der Waals surface area contributed by atoms with E-state index in [4.69, 9.17) is 5.84 Å². The number of carbonyl (C=O) groups is 2. The van der Waals surface area contributed by atoms with Crippen LogP contribution in [-0.4, -0.2) is 21.8 Å². The Labute approximate surface area is 211 Å². The molecule has 4 N–H and O–H groups in total. The molecular weight excluding hydrogens is 516 g/mol. The van der Waals surface area contributed by atoms with E-state index in [0.29, 0.717) is 10.8 Å². The van der Waals surface area contributed by atoms with Gasteiger partial charge in [0.1, 0.15) is 11.3 Å². The van der Waals surface area contributed by atoms with Crippen molar-refractivity contribution < 1.29 is 35.9 Å². The number of rotatable bonds is 5. The topological polar surface area (TPSA) is 104 Å². The molecule has 0 fully saturated rings. The fourth-order valence-electron chi connectivity index (χ4n) is 3.92. The Morgan fingerprint density at radius 1 is 0.921 bits per heavy atom. The molecule has 2 amide bonds. The molecule has 13 heteroatoms. The van der Waals surface area contributed by atoms with Crippen LogP contribution in [0, 0.1) is 6.92 Å². The van der Waals surface area contributed by atoms with E-state index in [2.05, 4.69) is 15.3 Å². The third-order valence-electron chi connectivity index (χ3n) is 5.66. The molecule has 7 nitrogen and oxygen atoms in total. The van der Waals surface area contributed by atoms with E-state index in [-0.39, 0.29) is 27.8 Å². The number of imidazole rings is 1. The number of fused-ring (bicyclic) bond motifs is 1. The quantitative estimate of drug-likeness (QED) is 0.139. The van der Waals surface area contributed by atoms with E-state index in [1.54, 1.807) is 6.92 Å². The average Bonchev–Trinajstić information content (AvgIpc) is 3.24. The summed E-state index contributed by atoms with van der Waals surface area (Å²) in [4.78, 5) is 33.1. The van der Waals surface area contributed by atoms with Gasteiger partial charge in [0.05, 0.1) is 33.5 Å². The monoisotopic (exact) mass is 535 g/mol. The molecule has 0 aliphatic rings. The van der Waals surface area contributed by atoms with Gasteiger partial charge in [-0.15, -0.1) is 0 Å². The molecule has 1 heterocycles. The number of nitrogens with zero attached hydrogens (tertiary/aromatic N) is 2. The molecule has 0 radical (unpaired) electrons. The Morgan fingerprint density at radius 2 is 1.53 bits per heavy atom. The van der Waals surface area contributed by atoms with Gasteiger partial charge in [0.2, 0.25) is 0 Å². The number of hydrogen-bond donors (Lipinski definition) is 3. The van der Waals surface area contributed by atoms with Crippen LogP contribution in [0.2, 0.25) is 0 Å². The van der Waals surface area contributed by atoms with Crippen LogP contribution >= 0.6 is 0 Å². The molecule has 0 aliphatic heterocycles. The summed E-state index contributed by atoms with van der Waals surface area (Å²) in [6, 6.07) is 11.2. The first-order valence-corrected chi connectivity index (χ1v) is 11.0. The lowest BCUT2D eigenvalue weighted by Gasteiger charge is -2.20. The van der Waals surface area contributed by atoms with Gasteiger partial charge in [-0.1, -0.05) is 30.3 Å². The molecule has 3 aromatic carbocycles. The molecule has 0 unspecified atom stereocenters. The zero-order valence-electron chi connectivity index (χ0n) is 19.5. The second kappa shape index (κ2) is 9.82. The van der Waals surface area contributed by atoms with Crippen LogP contribution in [0.25, 0.3) is 11.0 Å². The lowest BCUT2D eigenvalue weighted by molar-refractivity contribution is -0.138. The normalized spacial score (nSPS) is 12.0. The van der Waals surface area contributed by atoms with Crippen molar-refractivity contribution >= 4 is 28.5 Å². The Bertz CT molecular complexity index is 1530. The van der Waals surface area contributed by atoms with Gasteiger partial charge in [0, 0.05) is 6.54 Å². The largest absolute Gasteiger partial charge is 0.417 e. The minimum Gasteiger partial charge on any atom is -0.348 e. The Balaban J connectivity index is 1.69. The second-order valence-electron chi connectivity index (χ2n) is 8.27. The third-order valence-corrected chi connectivity index (χ3v) is 5.66. The standard InChI is InChI=1S/C25H19F6N5O2/c1-13-34-20-11-15(36(32)23(38)16-7-3-5-9-19(16)25(29,30)31)10-17(21(20)35-13)22(37)33-12-14-6-2-4-8-18(14)24(26,27)28/h2-11H,12,32H2,1H3,(H,33,37)(H,34,35). The van der Waals surface area contributed by atoms with Gasteiger partial charge in [-0.05, 0) is 42.8 Å². The van der Waals surface area contributed by atoms with Gasteiger partial charge < -0.3 is 10.3 Å². The van der Waals surface area contributed by atoms with E-state index in [1.165, 1.54) is 30.3 Å². The van der Waals surface area contributed by atoms with Crippen LogP contribution < -0.4 is 16.2 Å². The van der Waals surface area contributed by atoms with Gasteiger partial charge in [-0.25, -0.2) is 15.8 Å². The number of alkyl halides is 6. The minimum atomic E-state index is -4.82. The number of aromatic nitrogens is 2. The molecule has 0 bridgehead atoms. The van der Waals surface area contributed by atoms with Crippen molar-refractivity contribution in [3.8, 4) is 0 Å². The van der Waals surface area contributed by atoms with E-state index >= 15 is 0 Å². The summed E-state index contributed by atoms with van der Waals surface area (Å²) in [6.07, 6.45) is -9.46. The summed E-state index contributed by atoms with van der Waals surface area (Å²) >= 11 is 0. The van der Waals surface area contributed by atoms with Crippen molar-refractivity contribution in [3.05, 3.63) is 94.3 Å². The molecular formula is C25H19F6N5O2. The average molecular weight is 535 g/mol. The first-order chi connectivity index (χ1) is 17.8. The molecule has 1 aromatic heterocycles. The van der Waals surface area contributed by atoms with Crippen LogP contribution in [0.3, 0.4) is 0 Å². The molecule has 38 heavy (non-hydrogen) atoms. The zero-order valence-corrected chi connectivity index (χ0v) is 19.5. The number of nitrogens with one attached hydrogen (secondary N) is 2.